The summed E-state index contributed by atoms with van der Waals surface area (Å²) in [7, 11) is 2.21. The Morgan fingerprint density at radius 3 is 2.33 bits per heavy atom. The molecular formula is C34H46N10O2. The van der Waals surface area contributed by atoms with Crippen LogP contribution in [0.3, 0.4) is 0 Å². The molecule has 7 N–H and O–H groups in total. The molecule has 0 radical (unpaired) electrons. The van der Waals surface area contributed by atoms with Crippen molar-refractivity contribution in [3.63, 3.8) is 0 Å². The van der Waals surface area contributed by atoms with Crippen LogP contribution in [-0.4, -0.2) is 104 Å². The molecule has 46 heavy (non-hydrogen) atoms. The van der Waals surface area contributed by atoms with E-state index < -0.39 is 6.23 Å². The van der Waals surface area contributed by atoms with E-state index in [-0.39, 0.29) is 17.8 Å². The number of H-pyrrole nitrogens is 1. The highest BCUT2D eigenvalue weighted by atomic mass is 16.3. The minimum atomic E-state index is -1.35. The summed E-state index contributed by atoms with van der Waals surface area (Å²) in [5, 5.41) is 28.6. The van der Waals surface area contributed by atoms with Gasteiger partial charge in [0.2, 0.25) is 0 Å². The molecule has 2 saturated heterocycles. The molecule has 244 valence electrons. The fraction of sp³-hybridized carbons (Fsp3) is 0.500. The van der Waals surface area contributed by atoms with Crippen LogP contribution in [0.15, 0.2) is 48.8 Å². The maximum atomic E-state index is 10.7. The lowest BCUT2D eigenvalue weighted by Crippen LogP contribution is -2.52. The van der Waals surface area contributed by atoms with Crippen LogP contribution in [0.25, 0.3) is 22.3 Å². The van der Waals surface area contributed by atoms with E-state index in [1.165, 1.54) is 31.6 Å². The third kappa shape index (κ3) is 6.67. The van der Waals surface area contributed by atoms with E-state index in [4.69, 9.17) is 15.7 Å². The summed E-state index contributed by atoms with van der Waals surface area (Å²) in [5.74, 6) is 0.952. The Hall–Kier alpha value is -3.81. The van der Waals surface area contributed by atoms with Crippen molar-refractivity contribution in [1.29, 1.82) is 0 Å². The van der Waals surface area contributed by atoms with Crippen molar-refractivity contribution in [3.8, 4) is 11.4 Å². The van der Waals surface area contributed by atoms with Crippen LogP contribution < -0.4 is 21.3 Å². The molecule has 1 atom stereocenters. The number of aliphatic hydroxyl groups is 2. The lowest BCUT2D eigenvalue weighted by atomic mass is 9.93. The quantitative estimate of drug-likeness (QED) is 0.159. The predicted molar refractivity (Wildman–Crippen MR) is 182 cm³/mol. The van der Waals surface area contributed by atoms with Gasteiger partial charge in [-0.3, -0.25) is 9.88 Å². The van der Waals surface area contributed by atoms with E-state index in [1.54, 1.807) is 6.20 Å². The average molecular weight is 627 g/mol. The standard InChI is InChI=1S/C34H46N10O2/c1-42-18-20-44(21-19-42)25-12-16-43(17-13-25)24-6-2-22(3-7-24)39-34-31(32(35)46)40-30(29-27-10-14-36-28(27)11-15-37-29)33(41-34)38-23-4-8-26(45)9-5-23/h2-3,6-7,10-11,14-15,23,25-26,32,36,45-46H,4-5,8-9,12-13,16-21,35H2,1H3,(H2,38,39,41). The molecule has 5 heterocycles. The summed E-state index contributed by atoms with van der Waals surface area (Å²) >= 11 is 0. The highest BCUT2D eigenvalue weighted by molar-refractivity contribution is 5.94. The van der Waals surface area contributed by atoms with Crippen molar-refractivity contribution in [2.45, 2.75) is 62.9 Å². The van der Waals surface area contributed by atoms with E-state index in [0.29, 0.717) is 29.1 Å². The Labute approximate surface area is 270 Å². The van der Waals surface area contributed by atoms with Gasteiger partial charge in [-0.1, -0.05) is 0 Å². The summed E-state index contributed by atoms with van der Waals surface area (Å²) in [6.45, 7) is 6.76. The zero-order valence-corrected chi connectivity index (χ0v) is 26.6. The number of hydrogen-bond donors (Lipinski definition) is 6. The second-order valence-electron chi connectivity index (χ2n) is 13.1. The smallest absolute Gasteiger partial charge is 0.158 e. The van der Waals surface area contributed by atoms with Crippen LogP contribution in [0.2, 0.25) is 0 Å². The molecule has 12 heteroatoms. The Morgan fingerprint density at radius 2 is 1.61 bits per heavy atom. The van der Waals surface area contributed by atoms with Crippen molar-refractivity contribution < 1.29 is 10.2 Å². The Bertz CT molecular complexity index is 1600. The number of nitrogens with two attached hydrogens (primary N) is 1. The van der Waals surface area contributed by atoms with Crippen molar-refractivity contribution in [2.75, 3.05) is 61.8 Å². The Morgan fingerprint density at radius 1 is 0.870 bits per heavy atom. The molecule has 12 nitrogen and oxygen atoms in total. The van der Waals surface area contributed by atoms with E-state index in [0.717, 1.165) is 68.5 Å². The average Bonchev–Trinajstić information content (AvgIpc) is 3.56. The highest BCUT2D eigenvalue weighted by Gasteiger charge is 2.28. The third-order valence-corrected chi connectivity index (χ3v) is 9.96. The van der Waals surface area contributed by atoms with Gasteiger partial charge in [0.15, 0.2) is 11.6 Å². The van der Waals surface area contributed by atoms with Crippen molar-refractivity contribution in [2.24, 2.45) is 5.73 Å². The molecule has 1 saturated carbocycles. The molecule has 4 aromatic rings. The topological polar surface area (TPSA) is 155 Å². The van der Waals surface area contributed by atoms with Crippen LogP contribution in [0, 0.1) is 0 Å². The first kappa shape index (κ1) is 30.8. The number of nitrogens with zero attached hydrogens (tertiary/aromatic N) is 6. The monoisotopic (exact) mass is 626 g/mol. The Balaban J connectivity index is 1.12. The fourth-order valence-electron chi connectivity index (χ4n) is 7.17. The number of pyridine rings is 1. The van der Waals surface area contributed by atoms with Crippen molar-refractivity contribution in [1.82, 2.24) is 29.7 Å². The fourth-order valence-corrected chi connectivity index (χ4v) is 7.17. The zero-order valence-electron chi connectivity index (χ0n) is 26.6. The number of piperidine rings is 1. The number of nitrogens with one attached hydrogen (secondary N) is 3. The van der Waals surface area contributed by atoms with E-state index in [1.807, 2.05) is 30.5 Å². The van der Waals surface area contributed by atoms with Gasteiger partial charge in [0, 0.05) is 86.0 Å². The van der Waals surface area contributed by atoms with Gasteiger partial charge in [-0.25, -0.2) is 9.97 Å². The van der Waals surface area contributed by atoms with Crippen LogP contribution in [0.1, 0.15) is 50.4 Å². The predicted octanol–water partition coefficient (Wildman–Crippen LogP) is 3.64. The lowest BCUT2D eigenvalue weighted by molar-refractivity contribution is 0.0982. The molecule has 3 aromatic heterocycles. The highest BCUT2D eigenvalue weighted by Crippen LogP contribution is 2.35. The number of piperazine rings is 1. The second kappa shape index (κ2) is 13.5. The first-order valence-electron chi connectivity index (χ1n) is 16.7. The van der Waals surface area contributed by atoms with E-state index in [9.17, 15) is 10.2 Å². The van der Waals surface area contributed by atoms with Gasteiger partial charge in [0.1, 0.15) is 23.3 Å². The van der Waals surface area contributed by atoms with Gasteiger partial charge < -0.3 is 41.4 Å². The van der Waals surface area contributed by atoms with E-state index in [2.05, 4.69) is 54.5 Å². The zero-order chi connectivity index (χ0) is 31.6. The first-order chi connectivity index (χ1) is 22.4. The number of aromatic nitrogens is 4. The molecule has 2 aliphatic heterocycles. The summed E-state index contributed by atoms with van der Waals surface area (Å²) < 4.78 is 0. The van der Waals surface area contributed by atoms with E-state index >= 15 is 0 Å². The molecule has 3 fully saturated rings. The molecule has 0 bridgehead atoms. The lowest BCUT2D eigenvalue weighted by Gasteiger charge is -2.42. The first-order valence-corrected chi connectivity index (χ1v) is 16.7. The number of fused-ring (bicyclic) bond motifs is 1. The molecule has 1 aliphatic carbocycles. The van der Waals surface area contributed by atoms with Gasteiger partial charge in [0.25, 0.3) is 0 Å². The van der Waals surface area contributed by atoms with Gasteiger partial charge >= 0.3 is 0 Å². The third-order valence-electron chi connectivity index (χ3n) is 9.96. The minimum Gasteiger partial charge on any atom is -0.393 e. The summed E-state index contributed by atoms with van der Waals surface area (Å²) in [4.78, 5) is 25.3. The molecule has 1 unspecified atom stereocenters. The molecular weight excluding hydrogens is 580 g/mol. The molecule has 0 spiro atoms. The summed E-state index contributed by atoms with van der Waals surface area (Å²) in [6, 6.07) is 13.0. The van der Waals surface area contributed by atoms with Crippen LogP contribution in [-0.2, 0) is 0 Å². The largest absolute Gasteiger partial charge is 0.393 e. The minimum absolute atomic E-state index is 0.128. The van der Waals surface area contributed by atoms with Gasteiger partial charge in [-0.2, -0.15) is 0 Å². The summed E-state index contributed by atoms with van der Waals surface area (Å²) in [6.07, 6.45) is 7.47. The molecule has 1 aromatic carbocycles. The SMILES string of the molecule is CN1CCN(C2CCN(c3ccc(Nc4nc(NC5CCC(O)CC5)c(-c5nccc6[nH]ccc56)nc4C(N)O)cc3)CC2)CC1. The number of hydrogen-bond acceptors (Lipinski definition) is 11. The molecule has 7 rings (SSSR count). The number of rotatable bonds is 8. The number of benzene rings is 1. The van der Waals surface area contributed by atoms with Crippen molar-refractivity contribution >= 4 is 33.9 Å². The normalized spacial score (nSPS) is 22.7. The maximum Gasteiger partial charge on any atom is 0.158 e. The maximum absolute atomic E-state index is 10.7. The van der Waals surface area contributed by atoms with Crippen LogP contribution in [0.4, 0.5) is 23.0 Å². The van der Waals surface area contributed by atoms with Gasteiger partial charge in [-0.05, 0) is 82.0 Å². The second-order valence-corrected chi connectivity index (χ2v) is 13.1. The molecule has 3 aliphatic rings. The number of aliphatic hydroxyl groups excluding tert-OH is 2. The number of likely N-dealkylation sites (N-methyl/N-ethyl adjacent to an activating group) is 1. The summed E-state index contributed by atoms with van der Waals surface area (Å²) in [5.41, 5.74) is 10.5. The van der Waals surface area contributed by atoms with Crippen LogP contribution >= 0.6 is 0 Å². The van der Waals surface area contributed by atoms with Gasteiger partial charge in [-0.15, -0.1) is 0 Å². The number of anilines is 4. The van der Waals surface area contributed by atoms with Gasteiger partial charge in [0.05, 0.1) is 6.10 Å². The van der Waals surface area contributed by atoms with Crippen molar-refractivity contribution in [3.05, 3.63) is 54.5 Å². The Kier molecular flexibility index (Phi) is 9.05. The number of aromatic amines is 1. The molecule has 0 amide bonds. The van der Waals surface area contributed by atoms with Crippen LogP contribution in [0.5, 0.6) is 0 Å².